The monoisotopic (exact) mass is 355 g/mol. The number of imide groups is 1. The minimum atomic E-state index is -0.669. The van der Waals surface area contributed by atoms with Crippen LogP contribution in [-0.2, 0) is 14.3 Å². The van der Waals surface area contributed by atoms with E-state index in [1.54, 1.807) is 22.8 Å². The first-order valence-corrected chi connectivity index (χ1v) is 8.29. The maximum Gasteiger partial charge on any atom is 0.332 e. The number of nitrogens with zero attached hydrogens (tertiary/aromatic N) is 5. The van der Waals surface area contributed by atoms with Crippen LogP contribution in [-0.4, -0.2) is 71.0 Å². The van der Waals surface area contributed by atoms with Gasteiger partial charge in [-0.15, -0.1) is 0 Å². The first kappa shape index (κ1) is 16.5. The van der Waals surface area contributed by atoms with Crippen molar-refractivity contribution >= 4 is 23.5 Å². The summed E-state index contributed by atoms with van der Waals surface area (Å²) in [5.41, 5.74) is 1.20. The molecule has 3 fully saturated rings. The van der Waals surface area contributed by atoms with Gasteiger partial charge in [-0.2, -0.15) is 5.26 Å². The Morgan fingerprint density at radius 1 is 1.46 bits per heavy atom. The molecule has 0 radical (unpaired) electrons. The summed E-state index contributed by atoms with van der Waals surface area (Å²) in [5, 5.41) is 9.00. The third kappa shape index (κ3) is 2.12. The molecule has 9 nitrogen and oxygen atoms in total. The Labute approximate surface area is 149 Å². The summed E-state index contributed by atoms with van der Waals surface area (Å²) in [7, 11) is 1.45. The van der Waals surface area contributed by atoms with E-state index in [0.717, 1.165) is 4.90 Å². The van der Waals surface area contributed by atoms with Crippen molar-refractivity contribution in [3.05, 3.63) is 23.5 Å². The number of ether oxygens (including phenoxy) is 1. The molecule has 0 aromatic carbocycles. The van der Waals surface area contributed by atoms with Crippen LogP contribution in [0.2, 0.25) is 0 Å². The number of pyridine rings is 1. The van der Waals surface area contributed by atoms with Crippen molar-refractivity contribution in [2.24, 2.45) is 0 Å². The fraction of sp³-hybridized carbons (Fsp3) is 0.471. The van der Waals surface area contributed by atoms with E-state index in [1.165, 1.54) is 13.3 Å². The number of anilines is 1. The number of likely N-dealkylation sites (tertiary alicyclic amines) is 1. The topological polar surface area (TPSA) is 107 Å². The number of hydrogen-bond donors (Lipinski definition) is 0. The molecule has 2 unspecified atom stereocenters. The van der Waals surface area contributed by atoms with E-state index in [9.17, 15) is 14.4 Å². The zero-order chi connectivity index (χ0) is 18.6. The molecular formula is C17H17N5O4. The van der Waals surface area contributed by atoms with E-state index in [4.69, 9.17) is 10.00 Å². The van der Waals surface area contributed by atoms with Crippen molar-refractivity contribution in [2.75, 3.05) is 25.2 Å². The number of aryl methyl sites for hydroxylation is 1. The van der Waals surface area contributed by atoms with Gasteiger partial charge in [-0.1, -0.05) is 0 Å². The van der Waals surface area contributed by atoms with E-state index in [2.05, 4.69) is 4.98 Å². The molecule has 0 spiro atoms. The lowest BCUT2D eigenvalue weighted by atomic mass is 10.1. The third-order valence-electron chi connectivity index (χ3n) is 5.28. The van der Waals surface area contributed by atoms with Gasteiger partial charge in [0.1, 0.15) is 24.4 Å². The van der Waals surface area contributed by atoms with Crippen LogP contribution in [0.5, 0.6) is 0 Å². The number of piperazine rings is 1. The van der Waals surface area contributed by atoms with Crippen LogP contribution in [0.15, 0.2) is 12.3 Å². The molecule has 3 atom stereocenters. The summed E-state index contributed by atoms with van der Waals surface area (Å²) < 4.78 is 4.91. The Kier molecular flexibility index (Phi) is 3.66. The highest BCUT2D eigenvalue weighted by Gasteiger charge is 2.62. The van der Waals surface area contributed by atoms with Gasteiger partial charge in [0.2, 0.25) is 5.91 Å². The highest BCUT2D eigenvalue weighted by atomic mass is 16.5. The molecule has 4 heterocycles. The van der Waals surface area contributed by atoms with Gasteiger partial charge in [-0.3, -0.25) is 9.59 Å². The molecule has 3 saturated heterocycles. The minimum absolute atomic E-state index is 0.0411. The molecular weight excluding hydrogens is 338 g/mol. The fourth-order valence-corrected chi connectivity index (χ4v) is 4.19. The first-order valence-electron chi connectivity index (χ1n) is 8.29. The fourth-order valence-electron chi connectivity index (χ4n) is 4.19. The normalized spacial score (nSPS) is 26.5. The van der Waals surface area contributed by atoms with Gasteiger partial charge < -0.3 is 14.5 Å². The van der Waals surface area contributed by atoms with Crippen LogP contribution in [0.3, 0.4) is 0 Å². The predicted molar refractivity (Wildman–Crippen MR) is 88.0 cm³/mol. The number of nitriles is 1. The molecule has 4 rings (SSSR count). The van der Waals surface area contributed by atoms with Crippen LogP contribution in [0, 0.1) is 18.3 Å². The third-order valence-corrected chi connectivity index (χ3v) is 5.28. The lowest BCUT2D eigenvalue weighted by Crippen LogP contribution is -2.55. The highest BCUT2D eigenvalue weighted by Crippen LogP contribution is 2.42. The zero-order valence-electron chi connectivity index (χ0n) is 14.4. The molecule has 26 heavy (non-hydrogen) atoms. The van der Waals surface area contributed by atoms with Crippen molar-refractivity contribution in [1.29, 1.82) is 5.26 Å². The molecule has 3 aliphatic rings. The predicted octanol–water partition coefficient (Wildman–Crippen LogP) is 0.0284. The van der Waals surface area contributed by atoms with Crippen molar-refractivity contribution in [1.82, 2.24) is 14.8 Å². The van der Waals surface area contributed by atoms with E-state index in [1.807, 2.05) is 6.07 Å². The van der Waals surface area contributed by atoms with Crippen molar-refractivity contribution in [3.63, 3.8) is 0 Å². The Hall–Kier alpha value is -2.99. The standard InChI is InChI=1S/C17H17N5O4/c1-9-3-10(6-19-12(9)5-18)22-16(24)15-13-4-11(21(15)17(22)25)7-20(13)14(23)8-26-2/h3,6,11,13,15H,4,7-8H2,1-2H3/t11?,13?,15-/m1/s1. The number of carbonyl (C=O) groups excluding carboxylic acids is 3. The average Bonchev–Trinajstić information content (AvgIpc) is 3.27. The molecule has 1 aromatic rings. The van der Waals surface area contributed by atoms with Crippen LogP contribution in [0.1, 0.15) is 17.7 Å². The molecule has 9 heteroatoms. The van der Waals surface area contributed by atoms with Crippen LogP contribution in [0.25, 0.3) is 0 Å². The van der Waals surface area contributed by atoms with Crippen LogP contribution >= 0.6 is 0 Å². The van der Waals surface area contributed by atoms with Crippen molar-refractivity contribution < 1.29 is 19.1 Å². The molecule has 0 aliphatic carbocycles. The van der Waals surface area contributed by atoms with E-state index in [0.29, 0.717) is 24.2 Å². The minimum Gasteiger partial charge on any atom is -0.375 e. The molecule has 3 aliphatic heterocycles. The lowest BCUT2D eigenvalue weighted by molar-refractivity contribution is -0.139. The number of urea groups is 1. The molecule has 134 valence electrons. The number of amides is 4. The molecule has 1 aromatic heterocycles. The van der Waals surface area contributed by atoms with Gasteiger partial charge >= 0.3 is 6.03 Å². The number of carbonyl (C=O) groups is 3. The van der Waals surface area contributed by atoms with Gasteiger partial charge in [-0.05, 0) is 25.0 Å². The number of aromatic nitrogens is 1. The number of hydrogen-bond acceptors (Lipinski definition) is 6. The molecule has 0 N–H and O–H groups in total. The van der Waals surface area contributed by atoms with Crippen LogP contribution in [0.4, 0.5) is 10.5 Å². The second-order valence-corrected chi connectivity index (χ2v) is 6.72. The van der Waals surface area contributed by atoms with E-state index < -0.39 is 12.1 Å². The SMILES string of the molecule is COCC(=O)N1CC2CC1[C@@H]1C(=O)N(c3cnc(C#N)c(C)c3)C(=O)N21. The van der Waals surface area contributed by atoms with Crippen molar-refractivity contribution in [3.8, 4) is 6.07 Å². The van der Waals surface area contributed by atoms with Crippen molar-refractivity contribution in [2.45, 2.75) is 31.5 Å². The summed E-state index contributed by atoms with van der Waals surface area (Å²) >= 11 is 0. The molecule has 0 saturated carbocycles. The summed E-state index contributed by atoms with van der Waals surface area (Å²) in [5.74, 6) is -0.530. The molecule has 4 amide bonds. The number of rotatable bonds is 3. The second kappa shape index (κ2) is 5.78. The van der Waals surface area contributed by atoms with Gasteiger partial charge in [0.05, 0.1) is 24.0 Å². The summed E-state index contributed by atoms with van der Waals surface area (Å²) in [6, 6.07) is 2.02. The maximum atomic E-state index is 13.0. The van der Waals surface area contributed by atoms with E-state index >= 15 is 0 Å². The second-order valence-electron chi connectivity index (χ2n) is 6.72. The Balaban J connectivity index is 1.64. The first-order chi connectivity index (χ1) is 12.5. The molecule has 2 bridgehead atoms. The Bertz CT molecular complexity index is 863. The Morgan fingerprint density at radius 2 is 2.23 bits per heavy atom. The van der Waals surface area contributed by atoms with Gasteiger partial charge in [0, 0.05) is 13.7 Å². The average molecular weight is 355 g/mol. The van der Waals surface area contributed by atoms with Crippen LogP contribution < -0.4 is 4.90 Å². The quantitative estimate of drug-likeness (QED) is 0.708. The largest absolute Gasteiger partial charge is 0.375 e. The summed E-state index contributed by atoms with van der Waals surface area (Å²) in [6.07, 6.45) is 1.97. The highest BCUT2D eigenvalue weighted by molar-refractivity contribution is 6.22. The zero-order valence-corrected chi connectivity index (χ0v) is 14.4. The number of fused-ring (bicyclic) bond motifs is 5. The lowest BCUT2D eigenvalue weighted by Gasteiger charge is -2.34. The smallest absolute Gasteiger partial charge is 0.332 e. The number of methoxy groups -OCH3 is 1. The Morgan fingerprint density at radius 3 is 2.88 bits per heavy atom. The maximum absolute atomic E-state index is 13.0. The summed E-state index contributed by atoms with van der Waals surface area (Å²) in [6.45, 7) is 2.08. The van der Waals surface area contributed by atoms with Gasteiger partial charge in [-0.25, -0.2) is 14.7 Å². The van der Waals surface area contributed by atoms with E-state index in [-0.39, 0.29) is 36.2 Å². The summed E-state index contributed by atoms with van der Waals surface area (Å²) in [4.78, 5) is 46.4. The van der Waals surface area contributed by atoms with Gasteiger partial charge in [0.15, 0.2) is 0 Å². The van der Waals surface area contributed by atoms with Gasteiger partial charge in [0.25, 0.3) is 5.91 Å².